The molecular weight excluding hydrogens is 507 g/mol. The topological polar surface area (TPSA) is 135 Å². The van der Waals surface area contributed by atoms with Crippen LogP contribution in [-0.2, 0) is 22.7 Å². The van der Waals surface area contributed by atoms with Crippen LogP contribution in [0.1, 0.15) is 19.4 Å². The molecule has 2 aromatic heterocycles. The number of aromatic nitrogens is 3. The maximum Gasteiger partial charge on any atom is 0.416 e. The van der Waals surface area contributed by atoms with Crippen molar-refractivity contribution in [2.45, 2.75) is 45.3 Å². The number of ether oxygens (including phenoxy) is 1. The Hall–Kier alpha value is -4.26. The van der Waals surface area contributed by atoms with Crippen LogP contribution in [-0.4, -0.2) is 50.0 Å². The number of hydrogen-bond donors (Lipinski definition) is 3. The van der Waals surface area contributed by atoms with E-state index in [1.54, 1.807) is 42.5 Å². The average molecular weight is 534 g/mol. The van der Waals surface area contributed by atoms with Crippen LogP contribution in [0, 0.1) is 5.92 Å². The smallest absolute Gasteiger partial charge is 0.416 e. The molecule has 3 aromatic rings. The molecule has 0 bridgehead atoms. The van der Waals surface area contributed by atoms with E-state index in [0.29, 0.717) is 11.1 Å². The van der Waals surface area contributed by atoms with Crippen molar-refractivity contribution in [1.82, 2.24) is 19.9 Å². The SMILES string of the molecule is CC(C)C(NC(=O)Cn1c(-c2ccccc2)ncc(NC(=O)OCc2ccncc2)c1=O)C(O)C(F)(F)F. The second-order valence-corrected chi connectivity index (χ2v) is 8.63. The first-order chi connectivity index (χ1) is 18.0. The standard InChI is InChI=1S/C25H26F3N5O5/c1-15(2)20(21(35)25(26,27)28)32-19(34)13-33-22(17-6-4-3-5-7-17)30-12-18(23(33)36)31-24(37)38-14-16-8-10-29-11-9-16/h3-12,15,20-21,35H,13-14H2,1-2H3,(H,31,37)(H,32,34). The minimum atomic E-state index is -4.96. The van der Waals surface area contributed by atoms with Crippen LogP contribution in [0.25, 0.3) is 11.4 Å². The quantitative estimate of drug-likeness (QED) is 0.385. The third-order valence-corrected chi connectivity index (χ3v) is 5.46. The third kappa shape index (κ3) is 7.38. The van der Waals surface area contributed by atoms with Gasteiger partial charge in [-0.2, -0.15) is 13.2 Å². The monoisotopic (exact) mass is 533 g/mol. The average Bonchev–Trinajstić information content (AvgIpc) is 2.88. The van der Waals surface area contributed by atoms with Crippen molar-refractivity contribution in [1.29, 1.82) is 0 Å². The number of carbonyl (C=O) groups is 2. The Balaban J connectivity index is 1.86. The summed E-state index contributed by atoms with van der Waals surface area (Å²) in [4.78, 5) is 46.4. The molecule has 2 heterocycles. The molecule has 3 rings (SSSR count). The highest BCUT2D eigenvalue weighted by atomic mass is 19.4. The van der Waals surface area contributed by atoms with Gasteiger partial charge in [-0.1, -0.05) is 44.2 Å². The molecular formula is C25H26F3N5O5. The van der Waals surface area contributed by atoms with Gasteiger partial charge in [0.2, 0.25) is 5.91 Å². The lowest BCUT2D eigenvalue weighted by Gasteiger charge is -2.29. The number of aliphatic hydroxyl groups is 1. The lowest BCUT2D eigenvalue weighted by Crippen LogP contribution is -2.53. The van der Waals surface area contributed by atoms with Gasteiger partial charge in [-0.05, 0) is 23.6 Å². The molecule has 38 heavy (non-hydrogen) atoms. The fourth-order valence-electron chi connectivity index (χ4n) is 3.51. The molecule has 0 saturated heterocycles. The number of benzene rings is 1. The molecule has 2 atom stereocenters. The van der Waals surface area contributed by atoms with Gasteiger partial charge in [0.25, 0.3) is 5.56 Å². The second kappa shape index (κ2) is 12.3. The maximum absolute atomic E-state index is 13.3. The molecule has 2 unspecified atom stereocenters. The number of nitrogens with one attached hydrogen (secondary N) is 2. The molecule has 0 radical (unpaired) electrons. The van der Waals surface area contributed by atoms with Crippen LogP contribution in [0.4, 0.5) is 23.7 Å². The first kappa shape index (κ1) is 28.3. The number of pyridine rings is 1. The van der Waals surface area contributed by atoms with Gasteiger partial charge in [-0.25, -0.2) is 9.78 Å². The van der Waals surface area contributed by atoms with E-state index in [2.05, 4.69) is 20.6 Å². The number of alkyl halides is 3. The summed E-state index contributed by atoms with van der Waals surface area (Å²) >= 11 is 0. The summed E-state index contributed by atoms with van der Waals surface area (Å²) in [5.74, 6) is -1.70. The van der Waals surface area contributed by atoms with Gasteiger partial charge in [-0.15, -0.1) is 0 Å². The summed E-state index contributed by atoms with van der Waals surface area (Å²) in [6.45, 7) is 1.99. The number of halogens is 3. The fourth-order valence-corrected chi connectivity index (χ4v) is 3.51. The summed E-state index contributed by atoms with van der Waals surface area (Å²) < 4.78 is 45.3. The van der Waals surface area contributed by atoms with Gasteiger partial charge in [0.15, 0.2) is 6.10 Å². The van der Waals surface area contributed by atoms with E-state index in [4.69, 9.17) is 4.74 Å². The van der Waals surface area contributed by atoms with Gasteiger partial charge in [0, 0.05) is 18.0 Å². The Kier molecular flexibility index (Phi) is 9.18. The number of carbonyl (C=O) groups excluding carboxylic acids is 2. The number of nitrogens with zero attached hydrogens (tertiary/aromatic N) is 3. The van der Waals surface area contributed by atoms with Crippen molar-refractivity contribution in [3.63, 3.8) is 0 Å². The van der Waals surface area contributed by atoms with Gasteiger partial charge in [0.1, 0.15) is 24.7 Å². The van der Waals surface area contributed by atoms with E-state index < -0.39 is 48.3 Å². The Morgan fingerprint density at radius 3 is 2.37 bits per heavy atom. The summed E-state index contributed by atoms with van der Waals surface area (Å²) in [6, 6.07) is 9.92. The van der Waals surface area contributed by atoms with E-state index in [1.165, 1.54) is 26.2 Å². The van der Waals surface area contributed by atoms with Gasteiger partial charge >= 0.3 is 12.3 Å². The summed E-state index contributed by atoms with van der Waals surface area (Å²) in [7, 11) is 0. The highest BCUT2D eigenvalue weighted by molar-refractivity contribution is 5.84. The van der Waals surface area contributed by atoms with Crippen molar-refractivity contribution in [2.24, 2.45) is 5.92 Å². The predicted octanol–water partition coefficient (Wildman–Crippen LogP) is 3.12. The Morgan fingerprint density at radius 1 is 1.11 bits per heavy atom. The summed E-state index contributed by atoms with van der Waals surface area (Å²) in [5.41, 5.74) is -0.0530. The number of anilines is 1. The fraction of sp³-hybridized carbons (Fsp3) is 0.320. The highest BCUT2D eigenvalue weighted by Crippen LogP contribution is 2.25. The minimum absolute atomic E-state index is 0.0407. The van der Waals surface area contributed by atoms with Gasteiger partial charge in [-0.3, -0.25) is 24.5 Å². The predicted molar refractivity (Wildman–Crippen MR) is 131 cm³/mol. The maximum atomic E-state index is 13.3. The second-order valence-electron chi connectivity index (χ2n) is 8.63. The van der Waals surface area contributed by atoms with Gasteiger partial charge in [0.05, 0.1) is 12.2 Å². The number of aliphatic hydroxyl groups excluding tert-OH is 1. The Morgan fingerprint density at radius 2 is 1.76 bits per heavy atom. The molecule has 0 fully saturated rings. The zero-order chi connectivity index (χ0) is 27.9. The van der Waals surface area contributed by atoms with Crippen molar-refractivity contribution >= 4 is 17.7 Å². The molecule has 0 aliphatic heterocycles. The largest absolute Gasteiger partial charge is 0.444 e. The van der Waals surface area contributed by atoms with E-state index in [-0.39, 0.29) is 18.1 Å². The van der Waals surface area contributed by atoms with Crippen LogP contribution < -0.4 is 16.2 Å². The van der Waals surface area contributed by atoms with Crippen LogP contribution >= 0.6 is 0 Å². The lowest BCUT2D eigenvalue weighted by molar-refractivity contribution is -0.215. The number of hydrogen-bond acceptors (Lipinski definition) is 7. The van der Waals surface area contributed by atoms with Crippen LogP contribution in [0.3, 0.4) is 0 Å². The van der Waals surface area contributed by atoms with E-state index in [0.717, 1.165) is 10.8 Å². The lowest BCUT2D eigenvalue weighted by atomic mass is 9.98. The van der Waals surface area contributed by atoms with Crippen LogP contribution in [0.5, 0.6) is 0 Å². The van der Waals surface area contributed by atoms with Crippen molar-refractivity contribution in [3.8, 4) is 11.4 Å². The van der Waals surface area contributed by atoms with E-state index >= 15 is 0 Å². The molecule has 10 nitrogen and oxygen atoms in total. The normalized spacial score (nSPS) is 13.0. The summed E-state index contributed by atoms with van der Waals surface area (Å²) in [6.07, 6.45) is -4.60. The van der Waals surface area contributed by atoms with Gasteiger partial charge < -0.3 is 15.2 Å². The molecule has 0 aliphatic rings. The molecule has 202 valence electrons. The zero-order valence-corrected chi connectivity index (χ0v) is 20.5. The first-order valence-corrected chi connectivity index (χ1v) is 11.5. The molecule has 0 aliphatic carbocycles. The minimum Gasteiger partial charge on any atom is -0.444 e. The third-order valence-electron chi connectivity index (χ3n) is 5.46. The van der Waals surface area contributed by atoms with E-state index in [1.807, 2.05) is 0 Å². The summed E-state index contributed by atoms with van der Waals surface area (Å²) in [5, 5.41) is 14.1. The van der Waals surface area contributed by atoms with E-state index in [9.17, 15) is 32.7 Å². The highest BCUT2D eigenvalue weighted by Gasteiger charge is 2.45. The zero-order valence-electron chi connectivity index (χ0n) is 20.5. The Labute approximate surface area is 215 Å². The molecule has 0 spiro atoms. The molecule has 13 heteroatoms. The molecule has 3 N–H and O–H groups in total. The number of amides is 2. The number of rotatable bonds is 9. The van der Waals surface area contributed by atoms with Crippen molar-refractivity contribution in [3.05, 3.63) is 77.0 Å². The molecule has 2 amide bonds. The van der Waals surface area contributed by atoms with Crippen molar-refractivity contribution in [2.75, 3.05) is 5.32 Å². The van der Waals surface area contributed by atoms with Crippen LogP contribution in [0.2, 0.25) is 0 Å². The molecule has 1 aromatic carbocycles. The van der Waals surface area contributed by atoms with Crippen LogP contribution in [0.15, 0.2) is 65.8 Å². The Bertz CT molecular complexity index is 1300. The van der Waals surface area contributed by atoms with Crippen molar-refractivity contribution < 1.29 is 32.6 Å². The first-order valence-electron chi connectivity index (χ1n) is 11.5. The molecule has 0 saturated carbocycles.